The van der Waals surface area contributed by atoms with Crippen molar-refractivity contribution in [1.82, 2.24) is 9.80 Å². The van der Waals surface area contributed by atoms with Crippen LogP contribution in [0.1, 0.15) is 184 Å². The fourth-order valence-electron chi connectivity index (χ4n) is 11.5. The number of hydrogen-bond donors (Lipinski definition) is 0. The molecule has 4 amide bonds. The number of rotatable bonds is 26. The zero-order valence-electron chi connectivity index (χ0n) is 41.7. The molecule has 2 aliphatic heterocycles. The first-order valence-corrected chi connectivity index (χ1v) is 26.6. The summed E-state index contributed by atoms with van der Waals surface area (Å²) >= 11 is 0. The Morgan fingerprint density at radius 2 is 0.694 bits per heavy atom. The van der Waals surface area contributed by atoms with Crippen LogP contribution in [0.2, 0.25) is 0 Å². The Bertz CT molecular complexity index is 3030. The number of fused-ring (bicyclic) bond motifs is 2. The largest absolute Gasteiger partial charge is 0.274 e. The third kappa shape index (κ3) is 9.55. The topological polar surface area (TPSA) is 161 Å². The lowest BCUT2D eigenvalue weighted by atomic mass is 9.77. The van der Waals surface area contributed by atoms with E-state index in [0.717, 1.165) is 38.5 Å². The molecule has 372 valence electrons. The summed E-state index contributed by atoms with van der Waals surface area (Å²) in [5.41, 5.74) is 2.95. The van der Waals surface area contributed by atoms with E-state index in [1.165, 1.54) is 111 Å². The van der Waals surface area contributed by atoms with E-state index >= 15 is 0 Å². The van der Waals surface area contributed by atoms with Gasteiger partial charge in [-0.05, 0) is 91.7 Å². The summed E-state index contributed by atoms with van der Waals surface area (Å²) in [6.07, 6.45) is 22.0. The quantitative estimate of drug-likeness (QED) is 0.0129. The van der Waals surface area contributed by atoms with Gasteiger partial charge in [-0.2, -0.15) is 0 Å². The highest BCUT2D eigenvalue weighted by Gasteiger charge is 2.38. The van der Waals surface area contributed by atoms with Gasteiger partial charge in [0.2, 0.25) is 0 Å². The maximum absolute atomic E-state index is 14.9. The summed E-state index contributed by atoms with van der Waals surface area (Å²) in [7, 11) is 0. The number of amides is 4. The second kappa shape index (κ2) is 22.1. The van der Waals surface area contributed by atoms with E-state index in [1.54, 1.807) is 48.5 Å². The van der Waals surface area contributed by atoms with Crippen molar-refractivity contribution in [1.29, 1.82) is 0 Å². The Morgan fingerprint density at radius 3 is 1.04 bits per heavy atom. The molecule has 7 aromatic carbocycles. The second-order valence-corrected chi connectivity index (χ2v) is 20.0. The number of nitrogens with zero attached hydrogens (tertiary/aromatic N) is 4. The molecule has 12 nitrogen and oxygen atoms in total. The molecule has 0 aliphatic carbocycles. The van der Waals surface area contributed by atoms with Crippen molar-refractivity contribution in [3.8, 4) is 22.3 Å². The van der Waals surface area contributed by atoms with Gasteiger partial charge in [-0.1, -0.05) is 166 Å². The zero-order chi connectivity index (χ0) is 50.5. The lowest BCUT2D eigenvalue weighted by Gasteiger charge is -2.31. The van der Waals surface area contributed by atoms with Crippen LogP contribution in [0.3, 0.4) is 0 Å². The van der Waals surface area contributed by atoms with Crippen LogP contribution in [0, 0.1) is 20.2 Å². The number of hydrogen-bond acceptors (Lipinski definition) is 8. The monoisotopic (exact) mass is 968 g/mol. The van der Waals surface area contributed by atoms with Crippen LogP contribution in [-0.2, 0) is 0 Å². The van der Waals surface area contributed by atoms with E-state index in [-0.39, 0.29) is 35.6 Å². The summed E-state index contributed by atoms with van der Waals surface area (Å²) < 4.78 is 0. The van der Waals surface area contributed by atoms with Crippen LogP contribution in [0.4, 0.5) is 11.4 Å². The molecule has 0 spiro atoms. The summed E-state index contributed by atoms with van der Waals surface area (Å²) in [6.45, 7) is 4.91. The summed E-state index contributed by atoms with van der Waals surface area (Å²) in [6, 6.07) is 23.1. The number of non-ortho nitro benzene ring substituents is 2. The normalized spacial score (nSPS) is 13.5. The minimum absolute atomic E-state index is 0.147. The van der Waals surface area contributed by atoms with Gasteiger partial charge in [0.15, 0.2) is 0 Å². The van der Waals surface area contributed by atoms with E-state index < -0.39 is 33.5 Å². The number of carbonyl (C=O) groups excluding carboxylic acids is 4. The van der Waals surface area contributed by atoms with Gasteiger partial charge in [-0.15, -0.1) is 0 Å². The molecule has 0 saturated heterocycles. The van der Waals surface area contributed by atoms with Crippen molar-refractivity contribution in [2.24, 2.45) is 0 Å². The van der Waals surface area contributed by atoms with Crippen LogP contribution >= 0.6 is 0 Å². The third-order valence-electron chi connectivity index (χ3n) is 15.2. The Morgan fingerprint density at radius 1 is 0.361 bits per heavy atom. The van der Waals surface area contributed by atoms with Crippen molar-refractivity contribution in [3.05, 3.63) is 127 Å². The van der Waals surface area contributed by atoms with E-state index in [4.69, 9.17) is 0 Å². The second-order valence-electron chi connectivity index (χ2n) is 20.0. The Balaban J connectivity index is 1.18. The predicted molar refractivity (Wildman–Crippen MR) is 286 cm³/mol. The minimum atomic E-state index is -0.466. The van der Waals surface area contributed by atoms with Gasteiger partial charge >= 0.3 is 0 Å². The number of nitro benzene ring substituents is 2. The van der Waals surface area contributed by atoms with Crippen molar-refractivity contribution in [2.75, 3.05) is 13.1 Å². The fourth-order valence-corrected chi connectivity index (χ4v) is 11.5. The standard InChI is InChI=1S/C60H64N4O8/c1-3-5-7-9-11-13-15-17-19-21-33-61-57(65)45-31-29-43-52-48(40-26-24-28-42(36-40)64(71)72)38-50-54-46(58(66)62(60(50)68)34-22-20-18-16-14-12-10-8-6-4-2)32-30-44(56(52)54)51-47(37-49(59(61)67)53(45)55(43)51)39-25-23-27-41(35-39)63(69)70/h23-32,35-38H,3-22,33-34H2,1-2H3. The Hall–Kier alpha value is -7.08. The minimum Gasteiger partial charge on any atom is -0.274 e. The summed E-state index contributed by atoms with van der Waals surface area (Å²) in [5, 5.41) is 29.0. The summed E-state index contributed by atoms with van der Waals surface area (Å²) in [4.78, 5) is 85.4. The third-order valence-corrected chi connectivity index (χ3v) is 15.2. The number of nitro groups is 2. The molecule has 12 heteroatoms. The molecule has 0 aromatic heterocycles. The number of unbranched alkanes of at least 4 members (excludes halogenated alkanes) is 18. The van der Waals surface area contributed by atoms with Gasteiger partial charge in [-0.25, -0.2) is 0 Å². The number of imide groups is 2. The van der Waals surface area contributed by atoms with E-state index in [0.29, 0.717) is 89.3 Å². The van der Waals surface area contributed by atoms with E-state index in [1.807, 2.05) is 12.1 Å². The molecule has 2 heterocycles. The molecular formula is C60H64N4O8. The van der Waals surface area contributed by atoms with Crippen LogP contribution in [-0.4, -0.2) is 56.4 Å². The number of carbonyl (C=O) groups is 4. The van der Waals surface area contributed by atoms with Crippen molar-refractivity contribution >= 4 is 78.1 Å². The van der Waals surface area contributed by atoms with Crippen LogP contribution in [0.15, 0.2) is 84.9 Å². The Labute approximate surface area is 420 Å². The highest BCUT2D eigenvalue weighted by Crippen LogP contribution is 2.52. The lowest BCUT2D eigenvalue weighted by molar-refractivity contribution is -0.385. The molecule has 0 atom stereocenters. The molecule has 2 aliphatic rings. The van der Waals surface area contributed by atoms with Crippen molar-refractivity contribution in [2.45, 2.75) is 142 Å². The molecular weight excluding hydrogens is 905 g/mol. The first-order valence-electron chi connectivity index (χ1n) is 26.6. The number of benzene rings is 7. The maximum atomic E-state index is 14.9. The Kier molecular flexibility index (Phi) is 15.3. The summed E-state index contributed by atoms with van der Waals surface area (Å²) in [5.74, 6) is -1.71. The van der Waals surface area contributed by atoms with Crippen LogP contribution in [0.25, 0.3) is 65.3 Å². The maximum Gasteiger partial charge on any atom is 0.270 e. The van der Waals surface area contributed by atoms with E-state index in [2.05, 4.69) is 13.8 Å². The van der Waals surface area contributed by atoms with Gasteiger partial charge < -0.3 is 0 Å². The zero-order valence-corrected chi connectivity index (χ0v) is 41.7. The average Bonchev–Trinajstić information content (AvgIpc) is 3.39. The molecule has 0 radical (unpaired) electrons. The van der Waals surface area contributed by atoms with Crippen LogP contribution in [0.5, 0.6) is 0 Å². The molecule has 72 heavy (non-hydrogen) atoms. The smallest absolute Gasteiger partial charge is 0.270 e. The molecule has 0 saturated carbocycles. The van der Waals surface area contributed by atoms with Gasteiger partial charge in [0, 0.05) is 70.4 Å². The van der Waals surface area contributed by atoms with Gasteiger partial charge in [0.25, 0.3) is 35.0 Å². The van der Waals surface area contributed by atoms with Crippen molar-refractivity contribution < 1.29 is 29.0 Å². The van der Waals surface area contributed by atoms with Crippen LogP contribution < -0.4 is 0 Å². The lowest BCUT2D eigenvalue weighted by Crippen LogP contribution is -2.41. The molecule has 0 bridgehead atoms. The molecule has 0 fully saturated rings. The van der Waals surface area contributed by atoms with E-state index in [9.17, 15) is 39.4 Å². The van der Waals surface area contributed by atoms with Gasteiger partial charge in [0.1, 0.15) is 0 Å². The first-order chi connectivity index (χ1) is 35.0. The average molecular weight is 969 g/mol. The molecule has 0 N–H and O–H groups in total. The molecule has 9 rings (SSSR count). The fraction of sp³-hybridized carbons (Fsp3) is 0.400. The van der Waals surface area contributed by atoms with Gasteiger partial charge in [-0.3, -0.25) is 49.2 Å². The SMILES string of the molecule is CCCCCCCCCCCCN1C(=O)c2ccc3c4c(-c5cccc([N+](=O)[O-])c5)cc5c6c(ccc(c7c(-c8cccc([N+](=O)[O-])c8)cc(c2c37)C1=O)c64)C(=O)N(CCCCCCCCCCCC)C5=O. The highest BCUT2D eigenvalue weighted by atomic mass is 16.6. The van der Waals surface area contributed by atoms with Crippen molar-refractivity contribution in [3.63, 3.8) is 0 Å². The molecule has 7 aromatic rings. The van der Waals surface area contributed by atoms with Gasteiger partial charge in [0.05, 0.1) is 9.85 Å². The predicted octanol–water partition coefficient (Wildman–Crippen LogP) is 15.9. The molecule has 0 unspecified atom stereocenters. The first kappa shape index (κ1) is 49.9. The highest BCUT2D eigenvalue weighted by molar-refractivity contribution is 6.44.